The molecule has 0 unspecified atom stereocenters. The minimum absolute atomic E-state index is 0.202. The highest BCUT2D eigenvalue weighted by Crippen LogP contribution is 2.39. The zero-order valence-corrected chi connectivity index (χ0v) is 14.9. The van der Waals surface area contributed by atoms with Crippen molar-refractivity contribution >= 4 is 17.3 Å². The lowest BCUT2D eigenvalue weighted by Gasteiger charge is -2.38. The number of para-hydroxylation sites is 1. The van der Waals surface area contributed by atoms with E-state index in [1.807, 2.05) is 0 Å². The van der Waals surface area contributed by atoms with E-state index in [0.717, 1.165) is 10.5 Å². The van der Waals surface area contributed by atoms with Crippen LogP contribution in [0.4, 0.5) is 33.3 Å². The molecule has 0 radical (unpaired) electrons. The van der Waals surface area contributed by atoms with Gasteiger partial charge < -0.3 is 5.32 Å². The number of carbonyl (C=O) groups is 1. The van der Waals surface area contributed by atoms with Crippen molar-refractivity contribution in [2.45, 2.75) is 13.1 Å². The van der Waals surface area contributed by atoms with Gasteiger partial charge in [-0.1, -0.05) is 29.8 Å². The largest absolute Gasteiger partial charge is 0.360 e. The van der Waals surface area contributed by atoms with E-state index in [1.165, 1.54) is 24.3 Å². The van der Waals surface area contributed by atoms with Crippen molar-refractivity contribution in [3.8, 4) is 0 Å². The van der Waals surface area contributed by atoms with E-state index >= 15 is 0 Å². The van der Waals surface area contributed by atoms with Crippen LogP contribution in [-0.4, -0.2) is 5.91 Å². The van der Waals surface area contributed by atoms with Gasteiger partial charge in [-0.05, 0) is 31.2 Å². The molecule has 3 aromatic rings. The van der Waals surface area contributed by atoms with Gasteiger partial charge in [0.25, 0.3) is 5.91 Å². The van der Waals surface area contributed by atoms with Crippen LogP contribution in [0, 0.1) is 36.0 Å². The Morgan fingerprint density at radius 2 is 1.34 bits per heavy atom. The number of anilines is 2. The Morgan fingerprint density at radius 3 is 1.97 bits per heavy atom. The average molecular weight is 404 g/mol. The maximum atomic E-state index is 14.5. The van der Waals surface area contributed by atoms with Crippen LogP contribution in [0.25, 0.3) is 0 Å². The minimum Gasteiger partial charge on any atom is -0.360 e. The molecule has 0 saturated heterocycles. The highest BCUT2D eigenvalue weighted by molar-refractivity contribution is 6.12. The third-order valence-corrected chi connectivity index (χ3v) is 4.76. The fourth-order valence-electron chi connectivity index (χ4n) is 3.29. The molecule has 0 bridgehead atoms. The van der Waals surface area contributed by atoms with Crippen LogP contribution in [-0.2, 0) is 0 Å². The summed E-state index contributed by atoms with van der Waals surface area (Å²) in [6, 6.07) is 12.6. The molecule has 29 heavy (non-hydrogen) atoms. The fraction of sp³-hybridized carbons (Fsp3) is 0.0952. The van der Waals surface area contributed by atoms with E-state index in [1.54, 1.807) is 31.2 Å². The monoisotopic (exact) mass is 404 g/mol. The molecule has 0 aliphatic carbocycles. The van der Waals surface area contributed by atoms with E-state index in [9.17, 15) is 26.7 Å². The van der Waals surface area contributed by atoms with Gasteiger partial charge in [-0.15, -0.1) is 0 Å². The fourth-order valence-corrected chi connectivity index (χ4v) is 3.29. The zero-order chi connectivity index (χ0) is 20.9. The number of nitrogens with zero attached hydrogens (tertiary/aromatic N) is 1. The quantitative estimate of drug-likeness (QED) is 0.349. The second-order valence-corrected chi connectivity index (χ2v) is 6.59. The second kappa shape index (κ2) is 6.88. The summed E-state index contributed by atoms with van der Waals surface area (Å²) in [5.41, 5.74) is 0.378. The number of benzene rings is 3. The van der Waals surface area contributed by atoms with E-state index in [-0.39, 0.29) is 16.9 Å². The Kier molecular flexibility index (Phi) is 4.49. The Morgan fingerprint density at radius 1 is 0.793 bits per heavy atom. The van der Waals surface area contributed by atoms with Crippen molar-refractivity contribution in [1.82, 2.24) is 0 Å². The van der Waals surface area contributed by atoms with Crippen LogP contribution >= 0.6 is 0 Å². The number of carbonyl (C=O) groups excluding carboxylic acids is 1. The molecule has 0 spiro atoms. The van der Waals surface area contributed by atoms with Crippen molar-refractivity contribution in [2.24, 2.45) is 0 Å². The summed E-state index contributed by atoms with van der Waals surface area (Å²) in [4.78, 5) is 14.1. The number of aryl methyl sites for hydroxylation is 1. The van der Waals surface area contributed by atoms with Gasteiger partial charge in [-0.3, -0.25) is 9.69 Å². The first kappa shape index (κ1) is 18.9. The first-order valence-corrected chi connectivity index (χ1v) is 8.58. The molecular weight excluding hydrogens is 391 g/mol. The molecular formula is C21H13F5N2O. The van der Waals surface area contributed by atoms with Crippen LogP contribution < -0.4 is 10.2 Å². The Bertz CT molecular complexity index is 1100. The first-order chi connectivity index (χ1) is 13.8. The van der Waals surface area contributed by atoms with Crippen LogP contribution in [0.2, 0.25) is 0 Å². The molecule has 3 aromatic carbocycles. The molecule has 0 saturated carbocycles. The molecule has 1 aliphatic heterocycles. The molecule has 0 fully saturated rings. The third-order valence-electron chi connectivity index (χ3n) is 4.76. The van der Waals surface area contributed by atoms with E-state index in [2.05, 4.69) is 5.32 Å². The van der Waals surface area contributed by atoms with Crippen molar-refractivity contribution in [3.05, 3.63) is 94.3 Å². The SMILES string of the molecule is Cc1ccc(N2C(=O)c3ccccc3N[C@H]2c2c(F)c(F)c(F)c(F)c2F)cc1. The number of nitrogens with one attached hydrogen (secondary N) is 1. The Hall–Kier alpha value is -3.42. The lowest BCUT2D eigenvalue weighted by atomic mass is 10.0. The molecule has 1 N–H and O–H groups in total. The van der Waals surface area contributed by atoms with Gasteiger partial charge in [0, 0.05) is 11.4 Å². The topological polar surface area (TPSA) is 32.3 Å². The molecule has 1 aliphatic rings. The Balaban J connectivity index is 1.98. The Labute approximate surface area is 162 Å². The minimum atomic E-state index is -2.26. The van der Waals surface area contributed by atoms with E-state index in [0.29, 0.717) is 0 Å². The van der Waals surface area contributed by atoms with Crippen molar-refractivity contribution in [3.63, 3.8) is 0 Å². The molecule has 1 heterocycles. The summed E-state index contributed by atoms with van der Waals surface area (Å²) < 4.78 is 70.3. The number of rotatable bonds is 2. The van der Waals surface area contributed by atoms with Gasteiger partial charge >= 0.3 is 0 Å². The molecule has 4 rings (SSSR count). The maximum Gasteiger partial charge on any atom is 0.262 e. The van der Waals surface area contributed by atoms with Crippen LogP contribution in [0.1, 0.15) is 27.7 Å². The van der Waals surface area contributed by atoms with Crippen molar-refractivity contribution in [2.75, 3.05) is 10.2 Å². The summed E-state index contributed by atoms with van der Waals surface area (Å²) in [5.74, 6) is -11.0. The average Bonchev–Trinajstić information content (AvgIpc) is 2.72. The lowest BCUT2D eigenvalue weighted by molar-refractivity contribution is 0.0974. The summed E-state index contributed by atoms with van der Waals surface area (Å²) >= 11 is 0. The van der Waals surface area contributed by atoms with Crippen LogP contribution in [0.5, 0.6) is 0 Å². The second-order valence-electron chi connectivity index (χ2n) is 6.59. The highest BCUT2D eigenvalue weighted by Gasteiger charge is 2.40. The molecule has 148 valence electrons. The third kappa shape index (κ3) is 2.91. The first-order valence-electron chi connectivity index (χ1n) is 8.58. The summed E-state index contributed by atoms with van der Waals surface area (Å²) in [7, 11) is 0. The predicted octanol–water partition coefficient (Wildman–Crippen LogP) is 5.46. The van der Waals surface area contributed by atoms with Crippen LogP contribution in [0.3, 0.4) is 0 Å². The van der Waals surface area contributed by atoms with Gasteiger partial charge in [-0.25, -0.2) is 22.0 Å². The van der Waals surface area contributed by atoms with E-state index in [4.69, 9.17) is 0 Å². The number of amides is 1. The zero-order valence-electron chi connectivity index (χ0n) is 14.9. The highest BCUT2D eigenvalue weighted by atomic mass is 19.2. The molecule has 1 atom stereocenters. The molecule has 1 amide bonds. The molecule has 0 aromatic heterocycles. The van der Waals surface area contributed by atoms with Crippen molar-refractivity contribution < 1.29 is 26.7 Å². The number of hydrogen-bond acceptors (Lipinski definition) is 2. The molecule has 3 nitrogen and oxygen atoms in total. The van der Waals surface area contributed by atoms with Gasteiger partial charge in [0.15, 0.2) is 23.3 Å². The van der Waals surface area contributed by atoms with Gasteiger partial charge in [0.05, 0.1) is 11.1 Å². The van der Waals surface area contributed by atoms with E-state index < -0.39 is 46.7 Å². The van der Waals surface area contributed by atoms with Crippen molar-refractivity contribution in [1.29, 1.82) is 0 Å². The standard InChI is InChI=1S/C21H13F5N2O/c1-10-6-8-11(9-7-10)28-20(27-13-5-3-2-4-12(13)21(28)29)14-15(22)17(24)19(26)18(25)16(14)23/h2-9,20,27H,1H3/t20-/m1/s1. The normalized spacial score (nSPS) is 15.9. The lowest BCUT2D eigenvalue weighted by Crippen LogP contribution is -2.44. The maximum absolute atomic E-state index is 14.5. The number of hydrogen-bond donors (Lipinski definition) is 1. The summed E-state index contributed by atoms with van der Waals surface area (Å²) in [6.45, 7) is 1.80. The van der Waals surface area contributed by atoms with Crippen LogP contribution in [0.15, 0.2) is 48.5 Å². The van der Waals surface area contributed by atoms with Gasteiger partial charge in [0.2, 0.25) is 5.82 Å². The van der Waals surface area contributed by atoms with Gasteiger partial charge in [0.1, 0.15) is 6.17 Å². The number of halogens is 5. The predicted molar refractivity (Wildman–Crippen MR) is 97.0 cm³/mol. The summed E-state index contributed by atoms with van der Waals surface area (Å²) in [5, 5.41) is 2.73. The summed E-state index contributed by atoms with van der Waals surface area (Å²) in [6.07, 6.45) is -1.65. The molecule has 8 heteroatoms. The van der Waals surface area contributed by atoms with Gasteiger partial charge in [-0.2, -0.15) is 0 Å². The smallest absolute Gasteiger partial charge is 0.262 e. The number of fused-ring (bicyclic) bond motifs is 1.